The van der Waals surface area contributed by atoms with Crippen LogP contribution in [0.3, 0.4) is 0 Å². The molecule has 0 radical (unpaired) electrons. The van der Waals surface area contributed by atoms with E-state index in [-0.39, 0.29) is 0 Å². The Bertz CT molecular complexity index is 887. The molecule has 0 fully saturated rings. The molecular weight excluding hydrogens is 350 g/mol. The molecule has 0 bridgehead atoms. The Labute approximate surface area is 157 Å². The first-order chi connectivity index (χ1) is 12.6. The molecule has 3 rings (SSSR count). The molecule has 0 spiro atoms. The molecule has 134 valence electrons. The first kappa shape index (κ1) is 17.9. The molecule has 6 nitrogen and oxygen atoms in total. The van der Waals surface area contributed by atoms with Gasteiger partial charge in [0.2, 0.25) is 5.95 Å². The van der Waals surface area contributed by atoms with E-state index < -0.39 is 0 Å². The maximum atomic E-state index is 5.99. The van der Waals surface area contributed by atoms with Crippen LogP contribution < -0.4 is 15.4 Å². The predicted molar refractivity (Wildman–Crippen MR) is 104 cm³/mol. The van der Waals surface area contributed by atoms with Crippen molar-refractivity contribution in [3.63, 3.8) is 0 Å². The maximum absolute atomic E-state index is 5.99. The third kappa shape index (κ3) is 4.83. The van der Waals surface area contributed by atoms with E-state index in [0.717, 1.165) is 23.4 Å². The molecule has 2 aromatic carbocycles. The van der Waals surface area contributed by atoms with Crippen LogP contribution in [0.5, 0.6) is 5.75 Å². The first-order valence-electron chi connectivity index (χ1n) is 8.24. The number of hydrogen-bond donors (Lipinski definition) is 2. The predicted octanol–water partition coefficient (Wildman–Crippen LogP) is 4.24. The number of hydrogen-bond acceptors (Lipinski definition) is 6. The molecule has 0 amide bonds. The van der Waals surface area contributed by atoms with Crippen LogP contribution in [0.4, 0.5) is 17.5 Å². The summed E-state index contributed by atoms with van der Waals surface area (Å²) in [6.45, 7) is 2.68. The van der Waals surface area contributed by atoms with E-state index in [1.807, 2.05) is 43.3 Å². The van der Waals surface area contributed by atoms with Gasteiger partial charge in [0.1, 0.15) is 5.75 Å². The SMILES string of the molecule is COc1cccc(CCNc2nncc(Nc3ccc(Cl)cc3C)n2)c1. The molecule has 1 heterocycles. The third-order valence-electron chi connectivity index (χ3n) is 3.84. The average molecular weight is 370 g/mol. The molecule has 0 aliphatic heterocycles. The molecule has 0 unspecified atom stereocenters. The van der Waals surface area contributed by atoms with Gasteiger partial charge in [-0.05, 0) is 54.8 Å². The summed E-state index contributed by atoms with van der Waals surface area (Å²) in [4.78, 5) is 4.44. The van der Waals surface area contributed by atoms with E-state index in [2.05, 4.69) is 31.9 Å². The van der Waals surface area contributed by atoms with Crippen molar-refractivity contribution >= 4 is 29.1 Å². The molecule has 2 N–H and O–H groups in total. The monoisotopic (exact) mass is 369 g/mol. The quantitative estimate of drug-likeness (QED) is 0.649. The van der Waals surface area contributed by atoms with Crippen LogP contribution >= 0.6 is 11.6 Å². The van der Waals surface area contributed by atoms with E-state index in [1.165, 1.54) is 5.56 Å². The lowest BCUT2D eigenvalue weighted by atomic mass is 10.1. The van der Waals surface area contributed by atoms with Gasteiger partial charge in [0.15, 0.2) is 5.82 Å². The van der Waals surface area contributed by atoms with E-state index in [4.69, 9.17) is 16.3 Å². The number of ether oxygens (including phenoxy) is 1. The highest BCUT2D eigenvalue weighted by atomic mass is 35.5. The lowest BCUT2D eigenvalue weighted by Gasteiger charge is -2.10. The van der Waals surface area contributed by atoms with Crippen molar-refractivity contribution in [2.45, 2.75) is 13.3 Å². The van der Waals surface area contributed by atoms with E-state index in [0.29, 0.717) is 23.3 Å². The summed E-state index contributed by atoms with van der Waals surface area (Å²) >= 11 is 5.99. The minimum atomic E-state index is 0.476. The summed E-state index contributed by atoms with van der Waals surface area (Å²) in [6, 6.07) is 13.6. The van der Waals surface area contributed by atoms with Crippen LogP contribution in [0.15, 0.2) is 48.7 Å². The van der Waals surface area contributed by atoms with Gasteiger partial charge in [0, 0.05) is 17.3 Å². The minimum absolute atomic E-state index is 0.476. The van der Waals surface area contributed by atoms with Gasteiger partial charge in [-0.2, -0.15) is 10.1 Å². The zero-order valence-electron chi connectivity index (χ0n) is 14.7. The highest BCUT2D eigenvalue weighted by Gasteiger charge is 2.04. The molecule has 0 saturated carbocycles. The standard InChI is InChI=1S/C19H20ClN5O/c1-13-10-15(20)6-7-17(13)23-18-12-22-25-19(24-18)21-9-8-14-4-3-5-16(11-14)26-2/h3-7,10-12H,8-9H2,1-2H3,(H2,21,23,24,25). The number of aryl methyl sites for hydroxylation is 1. The Hall–Kier alpha value is -2.86. The molecule has 3 aromatic rings. The number of methoxy groups -OCH3 is 1. The summed E-state index contributed by atoms with van der Waals surface area (Å²) in [5.74, 6) is 1.95. The fourth-order valence-corrected chi connectivity index (χ4v) is 2.72. The van der Waals surface area contributed by atoms with Crippen LogP contribution in [-0.2, 0) is 6.42 Å². The van der Waals surface area contributed by atoms with Crippen LogP contribution in [0.2, 0.25) is 5.02 Å². The number of aromatic nitrogens is 3. The highest BCUT2D eigenvalue weighted by Crippen LogP contribution is 2.22. The van der Waals surface area contributed by atoms with Gasteiger partial charge in [-0.15, -0.1) is 5.10 Å². The summed E-state index contributed by atoms with van der Waals surface area (Å²) in [5, 5.41) is 15.2. The van der Waals surface area contributed by atoms with Crippen LogP contribution in [0, 0.1) is 6.92 Å². The Morgan fingerprint density at radius 2 is 2.04 bits per heavy atom. The minimum Gasteiger partial charge on any atom is -0.497 e. The highest BCUT2D eigenvalue weighted by molar-refractivity contribution is 6.30. The van der Waals surface area contributed by atoms with Crippen molar-refractivity contribution in [3.8, 4) is 5.75 Å². The number of rotatable bonds is 7. The van der Waals surface area contributed by atoms with Crippen molar-refractivity contribution < 1.29 is 4.74 Å². The lowest BCUT2D eigenvalue weighted by molar-refractivity contribution is 0.414. The second-order valence-corrected chi connectivity index (χ2v) is 6.21. The number of benzene rings is 2. The fourth-order valence-electron chi connectivity index (χ4n) is 2.49. The Kier molecular flexibility index (Phi) is 5.86. The van der Waals surface area contributed by atoms with Gasteiger partial charge in [0.25, 0.3) is 0 Å². The summed E-state index contributed by atoms with van der Waals surface area (Å²) in [7, 11) is 1.66. The lowest BCUT2D eigenvalue weighted by Crippen LogP contribution is -2.10. The average Bonchev–Trinajstić information content (AvgIpc) is 2.65. The molecule has 0 aliphatic rings. The zero-order chi connectivity index (χ0) is 18.4. The molecule has 1 aromatic heterocycles. The second-order valence-electron chi connectivity index (χ2n) is 5.78. The van der Waals surface area contributed by atoms with Crippen molar-refractivity contribution in [2.75, 3.05) is 24.3 Å². The second kappa shape index (κ2) is 8.49. The van der Waals surface area contributed by atoms with E-state index in [1.54, 1.807) is 13.3 Å². The van der Waals surface area contributed by atoms with Gasteiger partial charge < -0.3 is 15.4 Å². The van der Waals surface area contributed by atoms with Crippen LogP contribution in [0.25, 0.3) is 0 Å². The number of nitrogens with one attached hydrogen (secondary N) is 2. The number of nitrogens with zero attached hydrogens (tertiary/aromatic N) is 3. The molecule has 0 aliphatic carbocycles. The molecular formula is C19H20ClN5O. The zero-order valence-corrected chi connectivity index (χ0v) is 15.4. The Balaban J connectivity index is 1.60. The smallest absolute Gasteiger partial charge is 0.244 e. The van der Waals surface area contributed by atoms with Gasteiger partial charge in [-0.25, -0.2) is 0 Å². The van der Waals surface area contributed by atoms with Gasteiger partial charge >= 0.3 is 0 Å². The van der Waals surface area contributed by atoms with E-state index in [9.17, 15) is 0 Å². The van der Waals surface area contributed by atoms with E-state index >= 15 is 0 Å². The van der Waals surface area contributed by atoms with Crippen molar-refractivity contribution in [1.29, 1.82) is 0 Å². The maximum Gasteiger partial charge on any atom is 0.244 e. The van der Waals surface area contributed by atoms with Crippen molar-refractivity contribution in [3.05, 3.63) is 64.8 Å². The van der Waals surface area contributed by atoms with Crippen molar-refractivity contribution in [1.82, 2.24) is 15.2 Å². The van der Waals surface area contributed by atoms with Crippen LogP contribution in [-0.4, -0.2) is 28.8 Å². The Morgan fingerprint density at radius 1 is 1.15 bits per heavy atom. The molecule has 7 heteroatoms. The molecule has 0 atom stereocenters. The fraction of sp³-hybridized carbons (Fsp3) is 0.211. The Morgan fingerprint density at radius 3 is 2.85 bits per heavy atom. The van der Waals surface area contributed by atoms with Gasteiger partial charge in [0.05, 0.1) is 13.3 Å². The first-order valence-corrected chi connectivity index (χ1v) is 8.61. The van der Waals surface area contributed by atoms with Crippen LogP contribution in [0.1, 0.15) is 11.1 Å². The summed E-state index contributed by atoms with van der Waals surface area (Å²) in [6.07, 6.45) is 2.41. The number of anilines is 3. The molecule has 26 heavy (non-hydrogen) atoms. The van der Waals surface area contributed by atoms with Gasteiger partial charge in [-0.1, -0.05) is 23.7 Å². The van der Waals surface area contributed by atoms with Crippen molar-refractivity contribution in [2.24, 2.45) is 0 Å². The largest absolute Gasteiger partial charge is 0.497 e. The topological polar surface area (TPSA) is 72.0 Å². The van der Waals surface area contributed by atoms with Gasteiger partial charge in [-0.3, -0.25) is 0 Å². The summed E-state index contributed by atoms with van der Waals surface area (Å²) in [5.41, 5.74) is 3.14. The molecule has 0 saturated heterocycles. The number of halogens is 1. The summed E-state index contributed by atoms with van der Waals surface area (Å²) < 4.78 is 5.24. The third-order valence-corrected chi connectivity index (χ3v) is 4.08. The normalized spacial score (nSPS) is 10.4.